The molecule has 1 fully saturated rings. The number of carbonyl (C=O) groups is 1. The van der Waals surface area contributed by atoms with Crippen molar-refractivity contribution in [1.29, 1.82) is 0 Å². The van der Waals surface area contributed by atoms with Crippen LogP contribution in [-0.4, -0.2) is 60.0 Å². The summed E-state index contributed by atoms with van der Waals surface area (Å²) in [6, 6.07) is 1.73. The average Bonchev–Trinajstić information content (AvgIpc) is 3.28. The smallest absolute Gasteiger partial charge is 0.260 e. The third kappa shape index (κ3) is 4.39. The van der Waals surface area contributed by atoms with Crippen molar-refractivity contribution in [2.24, 2.45) is 7.05 Å². The van der Waals surface area contributed by atoms with Crippen molar-refractivity contribution in [3.63, 3.8) is 0 Å². The molecule has 0 aliphatic carbocycles. The highest BCUT2D eigenvalue weighted by molar-refractivity contribution is 5.87. The quantitative estimate of drug-likeness (QED) is 0.485. The number of nitrogens with one attached hydrogen (secondary N) is 2. The molecule has 4 rings (SSSR count). The van der Waals surface area contributed by atoms with Crippen LogP contribution in [0.1, 0.15) is 0 Å². The lowest BCUT2D eigenvalue weighted by Crippen LogP contribution is -2.45. The Morgan fingerprint density at radius 3 is 2.49 bits per heavy atom. The number of methoxy groups -OCH3 is 2. The zero-order valence-electron chi connectivity index (χ0n) is 19.2. The summed E-state index contributed by atoms with van der Waals surface area (Å²) in [5.41, 5.74) is -1.27. The molecule has 0 radical (unpaired) electrons. The molecule has 1 aliphatic heterocycles. The Hall–Kier alpha value is -4.06. The number of carbonyl (C=O) groups excluding carboxylic acids is 1. The second-order valence-electron chi connectivity index (χ2n) is 7.79. The molecule has 3 heterocycles. The number of hydrogen-bond donors (Lipinski definition) is 2. The van der Waals surface area contributed by atoms with E-state index < -0.39 is 22.8 Å². The molecule has 0 unspecified atom stereocenters. The minimum absolute atomic E-state index is 0.189. The van der Waals surface area contributed by atoms with Crippen LogP contribution in [0.2, 0.25) is 0 Å². The van der Waals surface area contributed by atoms with Gasteiger partial charge in [-0.1, -0.05) is 6.58 Å². The van der Waals surface area contributed by atoms with Gasteiger partial charge in [0.1, 0.15) is 5.65 Å². The largest absolute Gasteiger partial charge is 0.494 e. The summed E-state index contributed by atoms with van der Waals surface area (Å²) in [7, 11) is 3.89. The van der Waals surface area contributed by atoms with E-state index in [1.54, 1.807) is 0 Å². The summed E-state index contributed by atoms with van der Waals surface area (Å²) in [5.74, 6) is -2.75. The van der Waals surface area contributed by atoms with Crippen molar-refractivity contribution in [1.82, 2.24) is 19.9 Å². The van der Waals surface area contributed by atoms with Gasteiger partial charge in [0.05, 0.1) is 50.6 Å². The van der Waals surface area contributed by atoms with Crippen molar-refractivity contribution in [3.8, 4) is 22.6 Å². The molecular formula is C23H23F2N5O5. The molecule has 0 bridgehead atoms. The van der Waals surface area contributed by atoms with Crippen molar-refractivity contribution < 1.29 is 27.8 Å². The molecule has 2 N–H and O–H groups in total. The Labute approximate surface area is 198 Å². The highest BCUT2D eigenvalue weighted by atomic mass is 19.1. The lowest BCUT2D eigenvalue weighted by molar-refractivity contribution is -0.117. The van der Waals surface area contributed by atoms with Gasteiger partial charge in [0.2, 0.25) is 11.9 Å². The Balaban J connectivity index is 1.75. The van der Waals surface area contributed by atoms with E-state index in [4.69, 9.17) is 14.2 Å². The average molecular weight is 487 g/mol. The molecule has 1 saturated heterocycles. The SMILES string of the molecule is C=CC(=O)N[C@H]1COC[C@H]1Nc1ncc2cc(-c3c(F)c(OC)cc(OC)c3F)c(=O)n(C)c2n1. The third-order valence-corrected chi connectivity index (χ3v) is 5.70. The zero-order valence-corrected chi connectivity index (χ0v) is 19.2. The van der Waals surface area contributed by atoms with Crippen molar-refractivity contribution in [2.75, 3.05) is 32.8 Å². The molecule has 10 nitrogen and oxygen atoms in total. The zero-order chi connectivity index (χ0) is 25.3. The minimum atomic E-state index is -1.03. The first-order chi connectivity index (χ1) is 16.8. The van der Waals surface area contributed by atoms with Crippen molar-refractivity contribution >= 4 is 22.9 Å². The molecule has 1 aliphatic rings. The predicted octanol–water partition coefficient (Wildman–Crippen LogP) is 1.77. The van der Waals surface area contributed by atoms with Gasteiger partial charge >= 0.3 is 0 Å². The van der Waals surface area contributed by atoms with Gasteiger partial charge in [-0.15, -0.1) is 0 Å². The maximum Gasteiger partial charge on any atom is 0.260 e. The molecular weight excluding hydrogens is 464 g/mol. The number of aryl methyl sites for hydroxylation is 1. The fourth-order valence-electron chi connectivity index (χ4n) is 3.86. The van der Waals surface area contributed by atoms with Crippen molar-refractivity contribution in [2.45, 2.75) is 12.1 Å². The highest BCUT2D eigenvalue weighted by Crippen LogP contribution is 2.37. The summed E-state index contributed by atoms with van der Waals surface area (Å²) in [6.07, 6.45) is 2.59. The van der Waals surface area contributed by atoms with E-state index in [0.717, 1.165) is 6.07 Å². The third-order valence-electron chi connectivity index (χ3n) is 5.70. The van der Waals surface area contributed by atoms with Crippen LogP contribution in [-0.2, 0) is 16.6 Å². The molecule has 35 heavy (non-hydrogen) atoms. The second kappa shape index (κ2) is 9.66. The number of anilines is 1. The number of benzene rings is 1. The van der Waals surface area contributed by atoms with Gasteiger partial charge in [-0.25, -0.2) is 13.8 Å². The van der Waals surface area contributed by atoms with E-state index in [-0.39, 0.29) is 46.6 Å². The number of hydrogen-bond acceptors (Lipinski definition) is 8. The topological polar surface area (TPSA) is 117 Å². The van der Waals surface area contributed by atoms with E-state index in [0.29, 0.717) is 18.6 Å². The highest BCUT2D eigenvalue weighted by Gasteiger charge is 2.30. The normalized spacial score (nSPS) is 17.3. The van der Waals surface area contributed by atoms with Crippen molar-refractivity contribution in [3.05, 3.63) is 53.0 Å². The lowest BCUT2D eigenvalue weighted by Gasteiger charge is -2.20. The number of fused-ring (bicyclic) bond motifs is 1. The molecule has 2 aromatic heterocycles. The Morgan fingerprint density at radius 1 is 1.20 bits per heavy atom. The van der Waals surface area contributed by atoms with E-state index in [1.807, 2.05) is 0 Å². The van der Waals surface area contributed by atoms with Crippen LogP contribution in [0.3, 0.4) is 0 Å². The van der Waals surface area contributed by atoms with Crippen LogP contribution in [0.5, 0.6) is 11.5 Å². The molecule has 12 heteroatoms. The Bertz CT molecular complexity index is 1350. The predicted molar refractivity (Wildman–Crippen MR) is 124 cm³/mol. The standard InChI is InChI=1S/C23H23F2N5O5/c1-5-17(31)27-13-9-35-10-14(13)28-23-26-8-11-6-12(22(32)30(2)21(11)29-23)18-19(24)15(33-3)7-16(34-4)20(18)25/h5-8,13-14H,1,9-10H2,2-4H3,(H,27,31)(H,26,28,29)/t13-,14+/m0/s1. The second-order valence-corrected chi connectivity index (χ2v) is 7.79. The minimum Gasteiger partial charge on any atom is -0.494 e. The molecule has 0 spiro atoms. The summed E-state index contributed by atoms with van der Waals surface area (Å²) in [4.78, 5) is 33.4. The summed E-state index contributed by atoms with van der Waals surface area (Å²) >= 11 is 0. The fraction of sp³-hybridized carbons (Fsp3) is 0.304. The molecule has 1 aromatic carbocycles. The number of halogens is 2. The van der Waals surface area contributed by atoms with Crippen LogP contribution >= 0.6 is 0 Å². The van der Waals surface area contributed by atoms with Crippen LogP contribution in [0, 0.1) is 11.6 Å². The van der Waals surface area contributed by atoms with Gasteiger partial charge < -0.3 is 24.8 Å². The summed E-state index contributed by atoms with van der Waals surface area (Å²) in [6.45, 7) is 4.03. The molecule has 2 atom stereocenters. The number of nitrogens with zero attached hydrogens (tertiary/aromatic N) is 3. The number of pyridine rings is 1. The van der Waals surface area contributed by atoms with Gasteiger partial charge in [-0.2, -0.15) is 4.98 Å². The molecule has 0 saturated carbocycles. The van der Waals surface area contributed by atoms with Crippen LogP contribution in [0.25, 0.3) is 22.2 Å². The first kappa shape index (κ1) is 24.1. The molecule has 184 valence electrons. The first-order valence-electron chi connectivity index (χ1n) is 10.5. The van der Waals surface area contributed by atoms with Crippen LogP contribution in [0.15, 0.2) is 35.8 Å². The van der Waals surface area contributed by atoms with Gasteiger partial charge in [-0.3, -0.25) is 14.2 Å². The maximum atomic E-state index is 15.0. The van der Waals surface area contributed by atoms with Crippen LogP contribution < -0.4 is 25.7 Å². The summed E-state index contributed by atoms with van der Waals surface area (Å²) in [5, 5.41) is 6.22. The Kier molecular flexibility index (Phi) is 6.65. The van der Waals surface area contributed by atoms with Gasteiger partial charge in [0.25, 0.3) is 5.56 Å². The number of rotatable bonds is 7. The first-order valence-corrected chi connectivity index (χ1v) is 10.5. The van der Waals surface area contributed by atoms with E-state index in [1.165, 1.54) is 44.2 Å². The van der Waals surface area contributed by atoms with E-state index in [2.05, 4.69) is 27.2 Å². The van der Waals surface area contributed by atoms with E-state index in [9.17, 15) is 9.59 Å². The lowest BCUT2D eigenvalue weighted by atomic mass is 10.0. The van der Waals surface area contributed by atoms with Gasteiger partial charge in [0, 0.05) is 24.7 Å². The number of amides is 1. The van der Waals surface area contributed by atoms with E-state index >= 15 is 8.78 Å². The van der Waals surface area contributed by atoms with Gasteiger partial charge in [0.15, 0.2) is 23.1 Å². The maximum absolute atomic E-state index is 15.0. The number of ether oxygens (including phenoxy) is 3. The Morgan fingerprint density at radius 2 is 1.86 bits per heavy atom. The summed E-state index contributed by atoms with van der Waals surface area (Å²) < 4.78 is 46.6. The van der Waals surface area contributed by atoms with Gasteiger partial charge in [-0.05, 0) is 12.1 Å². The molecule has 3 aromatic rings. The monoisotopic (exact) mass is 487 g/mol. The number of aromatic nitrogens is 3. The molecule has 1 amide bonds. The fourth-order valence-corrected chi connectivity index (χ4v) is 3.86. The van der Waals surface area contributed by atoms with Crippen LogP contribution in [0.4, 0.5) is 14.7 Å².